The van der Waals surface area contributed by atoms with Crippen LogP contribution >= 0.6 is 11.3 Å². The fourth-order valence-electron chi connectivity index (χ4n) is 4.58. The van der Waals surface area contributed by atoms with Crippen LogP contribution in [-0.2, 0) is 10.0 Å². The maximum Gasteiger partial charge on any atom is 0.251 e. The molecule has 8 nitrogen and oxygen atoms in total. The third-order valence-corrected chi connectivity index (χ3v) is 9.96. The monoisotopic (exact) mass is 529 g/mol. The number of hydrogen-bond acceptors (Lipinski definition) is 7. The molecule has 1 amide bonds. The number of carbonyl (C=O) groups is 1. The van der Waals surface area contributed by atoms with Crippen LogP contribution in [0, 0.1) is 13.8 Å². The van der Waals surface area contributed by atoms with Gasteiger partial charge >= 0.3 is 0 Å². The van der Waals surface area contributed by atoms with Gasteiger partial charge in [0, 0.05) is 57.9 Å². The van der Waals surface area contributed by atoms with Crippen LogP contribution in [-0.4, -0.2) is 80.9 Å². The lowest BCUT2D eigenvalue weighted by Gasteiger charge is -2.34. The van der Waals surface area contributed by atoms with E-state index in [1.54, 1.807) is 23.5 Å². The Hall–Kier alpha value is -2.53. The number of anilines is 1. The van der Waals surface area contributed by atoms with Gasteiger partial charge in [-0.05, 0) is 55.3 Å². The summed E-state index contributed by atoms with van der Waals surface area (Å²) in [4.78, 5) is 22.3. The Balaban J connectivity index is 1.25. The van der Waals surface area contributed by atoms with Crippen molar-refractivity contribution in [3.63, 3.8) is 0 Å². The minimum absolute atomic E-state index is 0.194. The summed E-state index contributed by atoms with van der Waals surface area (Å²) < 4.78 is 27.9. The Morgan fingerprint density at radius 1 is 1.06 bits per heavy atom. The molecule has 0 atom stereocenters. The highest BCUT2D eigenvalue weighted by Crippen LogP contribution is 2.32. The van der Waals surface area contributed by atoms with Crippen LogP contribution in [0.15, 0.2) is 41.3 Å². The standard InChI is InChI=1S/C26H35N5O3S2/c1-5-31(6-2)36(33,34)22-9-7-21(8-10-22)25(32)27-11-12-29-13-15-30(16-14-29)26-28-23-18-19(3)17-20(4)24(23)35-26/h7-10,17-18H,5-6,11-16H2,1-4H3,(H,27,32). The van der Waals surface area contributed by atoms with Gasteiger partial charge in [-0.3, -0.25) is 9.69 Å². The van der Waals surface area contributed by atoms with E-state index in [2.05, 4.69) is 41.1 Å². The molecule has 1 fully saturated rings. The zero-order valence-corrected chi connectivity index (χ0v) is 23.1. The van der Waals surface area contributed by atoms with Gasteiger partial charge in [-0.25, -0.2) is 13.4 Å². The number of aromatic nitrogens is 1. The fourth-order valence-corrected chi connectivity index (χ4v) is 7.11. The third kappa shape index (κ3) is 5.72. The van der Waals surface area contributed by atoms with E-state index in [0.29, 0.717) is 25.2 Å². The molecule has 36 heavy (non-hydrogen) atoms. The van der Waals surface area contributed by atoms with Crippen LogP contribution in [0.5, 0.6) is 0 Å². The van der Waals surface area contributed by atoms with Gasteiger partial charge in [-0.2, -0.15) is 4.31 Å². The van der Waals surface area contributed by atoms with Crippen molar-refractivity contribution < 1.29 is 13.2 Å². The summed E-state index contributed by atoms with van der Waals surface area (Å²) in [6, 6.07) is 10.5. The number of hydrogen-bond donors (Lipinski definition) is 1. The molecule has 2 heterocycles. The van der Waals surface area contributed by atoms with E-state index >= 15 is 0 Å². The second kappa shape index (κ2) is 11.2. The highest BCUT2D eigenvalue weighted by Gasteiger charge is 2.22. The van der Waals surface area contributed by atoms with Crippen LogP contribution < -0.4 is 10.2 Å². The number of nitrogens with zero attached hydrogens (tertiary/aromatic N) is 4. The average Bonchev–Trinajstić information content (AvgIpc) is 3.29. The molecule has 0 spiro atoms. The number of fused-ring (bicyclic) bond motifs is 1. The molecular formula is C26H35N5O3S2. The number of sulfonamides is 1. The zero-order chi connectivity index (χ0) is 25.9. The van der Waals surface area contributed by atoms with Gasteiger partial charge in [-0.1, -0.05) is 31.3 Å². The first-order valence-corrected chi connectivity index (χ1v) is 14.7. The molecule has 3 aromatic rings. The van der Waals surface area contributed by atoms with Crippen molar-refractivity contribution in [3.8, 4) is 0 Å². The van der Waals surface area contributed by atoms with Crippen molar-refractivity contribution in [2.24, 2.45) is 0 Å². The summed E-state index contributed by atoms with van der Waals surface area (Å²) in [6.07, 6.45) is 0. The molecule has 0 radical (unpaired) electrons. The van der Waals surface area contributed by atoms with Crippen LogP contribution in [0.3, 0.4) is 0 Å². The second-order valence-corrected chi connectivity index (χ2v) is 12.0. The van der Waals surface area contributed by atoms with Gasteiger partial charge < -0.3 is 10.2 Å². The fraction of sp³-hybridized carbons (Fsp3) is 0.462. The first-order valence-electron chi connectivity index (χ1n) is 12.5. The molecule has 10 heteroatoms. The molecule has 194 valence electrons. The van der Waals surface area contributed by atoms with E-state index in [4.69, 9.17) is 4.98 Å². The molecule has 0 unspecified atom stereocenters. The highest BCUT2D eigenvalue weighted by molar-refractivity contribution is 7.89. The molecule has 1 aromatic heterocycles. The van der Waals surface area contributed by atoms with Crippen molar-refractivity contribution in [1.82, 2.24) is 19.5 Å². The van der Waals surface area contributed by atoms with E-state index in [-0.39, 0.29) is 10.8 Å². The first-order chi connectivity index (χ1) is 17.2. The molecule has 2 aromatic carbocycles. The van der Waals surface area contributed by atoms with Gasteiger partial charge in [-0.15, -0.1) is 0 Å². The molecule has 0 aliphatic carbocycles. The van der Waals surface area contributed by atoms with Crippen LogP contribution in [0.25, 0.3) is 10.2 Å². The SMILES string of the molecule is CCN(CC)S(=O)(=O)c1ccc(C(=O)NCCN2CCN(c3nc4cc(C)cc(C)c4s3)CC2)cc1. The number of aryl methyl sites for hydroxylation is 2. The van der Waals surface area contributed by atoms with Crippen LogP contribution in [0.2, 0.25) is 0 Å². The number of benzene rings is 2. The number of nitrogens with one attached hydrogen (secondary N) is 1. The Bertz CT molecular complexity index is 1310. The summed E-state index contributed by atoms with van der Waals surface area (Å²) in [5, 5.41) is 4.04. The van der Waals surface area contributed by atoms with Gasteiger partial charge in [0.25, 0.3) is 5.91 Å². The van der Waals surface area contributed by atoms with Crippen molar-refractivity contribution in [2.75, 3.05) is 57.3 Å². The van der Waals surface area contributed by atoms with Crippen molar-refractivity contribution in [1.29, 1.82) is 0 Å². The maximum atomic E-state index is 12.6. The second-order valence-electron chi connectivity index (χ2n) is 9.12. The van der Waals surface area contributed by atoms with Crippen LogP contribution in [0.1, 0.15) is 35.3 Å². The third-order valence-electron chi connectivity index (χ3n) is 6.62. The topological polar surface area (TPSA) is 85.8 Å². The summed E-state index contributed by atoms with van der Waals surface area (Å²) in [5.41, 5.74) is 4.06. The van der Waals surface area contributed by atoms with Crippen LogP contribution in [0.4, 0.5) is 5.13 Å². The normalized spacial score (nSPS) is 15.1. The van der Waals surface area contributed by atoms with E-state index in [0.717, 1.165) is 43.4 Å². The lowest BCUT2D eigenvalue weighted by molar-refractivity contribution is 0.0947. The molecule has 1 saturated heterocycles. The largest absolute Gasteiger partial charge is 0.351 e. The minimum Gasteiger partial charge on any atom is -0.351 e. The highest BCUT2D eigenvalue weighted by atomic mass is 32.2. The number of thiazole rings is 1. The Labute approximate surface area is 218 Å². The lowest BCUT2D eigenvalue weighted by atomic mass is 10.1. The zero-order valence-electron chi connectivity index (χ0n) is 21.5. The molecule has 4 rings (SSSR count). The average molecular weight is 530 g/mol. The number of amides is 1. The van der Waals surface area contributed by atoms with E-state index in [1.807, 2.05) is 13.8 Å². The van der Waals surface area contributed by atoms with Crippen molar-refractivity contribution >= 4 is 42.6 Å². The molecule has 1 aliphatic rings. The van der Waals surface area contributed by atoms with E-state index < -0.39 is 10.0 Å². The number of carbonyl (C=O) groups excluding carboxylic acids is 1. The summed E-state index contributed by atoms with van der Waals surface area (Å²) in [7, 11) is -3.52. The Morgan fingerprint density at radius 3 is 2.36 bits per heavy atom. The van der Waals surface area contributed by atoms with Gasteiger partial charge in [0.1, 0.15) is 0 Å². The van der Waals surface area contributed by atoms with Gasteiger partial charge in [0.05, 0.1) is 15.1 Å². The molecule has 0 bridgehead atoms. The quantitative estimate of drug-likeness (QED) is 0.457. The number of piperazine rings is 1. The number of rotatable bonds is 9. The van der Waals surface area contributed by atoms with Gasteiger partial charge in [0.2, 0.25) is 10.0 Å². The molecule has 0 saturated carbocycles. The summed E-state index contributed by atoms with van der Waals surface area (Å²) >= 11 is 1.77. The molecule has 1 aliphatic heterocycles. The van der Waals surface area contributed by atoms with Crippen molar-refractivity contribution in [3.05, 3.63) is 53.1 Å². The van der Waals surface area contributed by atoms with Crippen molar-refractivity contribution in [2.45, 2.75) is 32.6 Å². The summed E-state index contributed by atoms with van der Waals surface area (Å²) in [6.45, 7) is 13.7. The Morgan fingerprint density at radius 2 is 1.72 bits per heavy atom. The maximum absolute atomic E-state index is 12.6. The lowest BCUT2D eigenvalue weighted by Crippen LogP contribution is -2.48. The predicted molar refractivity (Wildman–Crippen MR) is 147 cm³/mol. The Kier molecular flexibility index (Phi) is 8.29. The van der Waals surface area contributed by atoms with E-state index in [1.165, 1.54) is 32.3 Å². The summed E-state index contributed by atoms with van der Waals surface area (Å²) in [5.74, 6) is -0.194. The van der Waals surface area contributed by atoms with E-state index in [9.17, 15) is 13.2 Å². The molecule has 1 N–H and O–H groups in total. The molecular weight excluding hydrogens is 494 g/mol. The predicted octanol–water partition coefficient (Wildman–Crippen LogP) is 3.50. The first kappa shape index (κ1) is 26.5. The smallest absolute Gasteiger partial charge is 0.251 e. The minimum atomic E-state index is -3.52. The van der Waals surface area contributed by atoms with Gasteiger partial charge in [0.15, 0.2) is 5.13 Å².